The van der Waals surface area contributed by atoms with Crippen LogP contribution in [-0.4, -0.2) is 51.9 Å². The fourth-order valence-electron chi connectivity index (χ4n) is 5.56. The smallest absolute Gasteiger partial charge is 0.258 e. The second-order valence-electron chi connectivity index (χ2n) is 12.3. The van der Waals surface area contributed by atoms with E-state index in [1.807, 2.05) is 33.8 Å². The molecule has 0 saturated carbocycles. The number of nitrogens with zero attached hydrogens (tertiary/aromatic N) is 3. The highest BCUT2D eigenvalue weighted by Gasteiger charge is 2.43. The molecule has 0 aliphatic carbocycles. The maximum Gasteiger partial charge on any atom is 0.258 e. The molecule has 248 valence electrons. The summed E-state index contributed by atoms with van der Waals surface area (Å²) in [6.45, 7) is 7.86. The van der Waals surface area contributed by atoms with E-state index in [2.05, 4.69) is 25.9 Å². The highest BCUT2D eigenvalue weighted by Crippen LogP contribution is 2.43. The molecule has 4 N–H and O–H groups in total. The van der Waals surface area contributed by atoms with Crippen LogP contribution in [0.1, 0.15) is 66.0 Å². The fraction of sp³-hybridized carbons (Fsp3) is 0.257. The van der Waals surface area contributed by atoms with Crippen molar-refractivity contribution in [2.45, 2.75) is 44.9 Å². The molecular formula is C35H34ClFN6O5. The number of halogens is 2. The zero-order chi connectivity index (χ0) is 34.8. The van der Waals surface area contributed by atoms with Crippen LogP contribution in [0.5, 0.6) is 0 Å². The number of fused-ring (bicyclic) bond motifs is 2. The van der Waals surface area contributed by atoms with Crippen molar-refractivity contribution < 1.29 is 28.7 Å². The summed E-state index contributed by atoms with van der Waals surface area (Å²) in [5, 5.41) is 17.6. The maximum atomic E-state index is 13.5. The number of carbonyl (C=O) groups excluding carboxylic acids is 4. The lowest BCUT2D eigenvalue weighted by Crippen LogP contribution is -2.37. The first-order valence-electron chi connectivity index (χ1n) is 15.1. The van der Waals surface area contributed by atoms with Crippen LogP contribution in [0, 0.1) is 5.82 Å². The van der Waals surface area contributed by atoms with Crippen LogP contribution in [-0.2, 0) is 20.4 Å². The molecular weight excluding hydrogens is 639 g/mol. The van der Waals surface area contributed by atoms with Crippen molar-refractivity contribution in [1.82, 2.24) is 9.97 Å². The monoisotopic (exact) mass is 672 g/mol. The van der Waals surface area contributed by atoms with Gasteiger partial charge in [0, 0.05) is 54.5 Å². The molecule has 0 unspecified atom stereocenters. The average Bonchev–Trinajstić information content (AvgIpc) is 3.39. The van der Waals surface area contributed by atoms with Gasteiger partial charge in [0.1, 0.15) is 0 Å². The Balaban J connectivity index is 0.000000190. The summed E-state index contributed by atoms with van der Waals surface area (Å²) in [4.78, 5) is 58.3. The average molecular weight is 673 g/mol. The normalized spacial score (nSPS) is 15.1. The summed E-state index contributed by atoms with van der Waals surface area (Å²) < 4.78 is 13.5. The molecule has 13 heteroatoms. The number of anilines is 4. The van der Waals surface area contributed by atoms with Gasteiger partial charge in [0.05, 0.1) is 33.2 Å². The van der Waals surface area contributed by atoms with Gasteiger partial charge in [-0.25, -0.2) is 4.39 Å². The summed E-state index contributed by atoms with van der Waals surface area (Å²) in [7, 11) is 0. The van der Waals surface area contributed by atoms with Crippen LogP contribution >= 0.6 is 11.6 Å². The second-order valence-corrected chi connectivity index (χ2v) is 12.8. The molecule has 0 saturated heterocycles. The van der Waals surface area contributed by atoms with E-state index in [0.29, 0.717) is 35.6 Å². The zero-order valence-electron chi connectivity index (χ0n) is 26.7. The summed E-state index contributed by atoms with van der Waals surface area (Å²) in [5.41, 5.74) is 3.24. The highest BCUT2D eigenvalue weighted by atomic mass is 35.5. The number of carbonyl (C=O) groups is 4. The lowest BCUT2D eigenvalue weighted by molar-refractivity contribution is -0.122. The molecule has 2 aromatic heterocycles. The Bertz CT molecular complexity index is 1930. The minimum atomic E-state index is -0.685. The molecule has 6 rings (SSSR count). The quantitative estimate of drug-likeness (QED) is 0.197. The Morgan fingerprint density at radius 3 is 2.12 bits per heavy atom. The predicted molar refractivity (Wildman–Crippen MR) is 181 cm³/mol. The molecule has 0 spiro atoms. The van der Waals surface area contributed by atoms with E-state index in [1.54, 1.807) is 41.3 Å². The van der Waals surface area contributed by atoms with Crippen molar-refractivity contribution in [3.8, 4) is 0 Å². The van der Waals surface area contributed by atoms with Gasteiger partial charge >= 0.3 is 0 Å². The molecule has 2 aliphatic rings. The number of hydrogen-bond acceptors (Lipinski definition) is 7. The molecule has 0 fully saturated rings. The number of aliphatic hydroxyl groups excluding tert-OH is 1. The number of amides is 4. The summed E-state index contributed by atoms with van der Waals surface area (Å²) in [5.74, 6) is -1.70. The molecule has 4 heterocycles. The zero-order valence-corrected chi connectivity index (χ0v) is 27.5. The Labute approximate surface area is 281 Å². The topological polar surface area (TPSA) is 154 Å². The molecule has 4 amide bonds. The SMILES string of the molecule is CC1(C)C(=O)N(CCCO)c2cc(NC(=O)c3ccncc3Cl)ccc21.CC1(C)C(=O)Nc2cc(NC(=O)c3ccncc3F)ccc21. The third kappa shape index (κ3) is 6.62. The van der Waals surface area contributed by atoms with E-state index >= 15 is 0 Å². The van der Waals surface area contributed by atoms with Crippen LogP contribution < -0.4 is 20.9 Å². The van der Waals surface area contributed by atoms with Gasteiger partial charge in [0.2, 0.25) is 11.8 Å². The number of rotatable bonds is 7. The number of aromatic nitrogens is 2. The standard InChI is InChI=1S/C19H20ClN3O3.C16H14FN3O2/c1-19(2)14-5-4-12(10-16(14)23(18(19)26)8-3-9-24)22-17(25)13-6-7-21-11-15(13)20;1-16(2)11-4-3-9(7-13(11)20-15(16)22)19-14(21)10-5-6-18-8-12(10)17/h4-7,10-11,24H,3,8-9H2,1-2H3,(H,22,25);3-8H,1-2H3,(H,19,21)(H,20,22). The van der Waals surface area contributed by atoms with Crippen LogP contribution in [0.3, 0.4) is 0 Å². The molecule has 0 bridgehead atoms. The van der Waals surface area contributed by atoms with Gasteiger partial charge in [-0.15, -0.1) is 0 Å². The molecule has 48 heavy (non-hydrogen) atoms. The second kappa shape index (κ2) is 13.5. The minimum absolute atomic E-state index is 0.0104. The minimum Gasteiger partial charge on any atom is -0.396 e. The number of aliphatic hydroxyl groups is 1. The molecule has 2 aromatic carbocycles. The Hall–Kier alpha value is -5.20. The Kier molecular flexibility index (Phi) is 9.60. The number of pyridine rings is 2. The van der Waals surface area contributed by atoms with E-state index in [-0.39, 0.29) is 34.9 Å². The molecule has 4 aromatic rings. The third-order valence-corrected chi connectivity index (χ3v) is 8.64. The third-order valence-electron chi connectivity index (χ3n) is 8.34. The van der Waals surface area contributed by atoms with Crippen molar-refractivity contribution in [1.29, 1.82) is 0 Å². The van der Waals surface area contributed by atoms with E-state index in [9.17, 15) is 23.6 Å². The van der Waals surface area contributed by atoms with Crippen molar-refractivity contribution in [3.05, 3.63) is 106 Å². The molecule has 0 radical (unpaired) electrons. The van der Waals surface area contributed by atoms with Gasteiger partial charge in [-0.3, -0.25) is 29.1 Å². The van der Waals surface area contributed by atoms with Gasteiger partial charge in [-0.2, -0.15) is 0 Å². The summed E-state index contributed by atoms with van der Waals surface area (Å²) in [6.07, 6.45) is 5.74. The maximum absolute atomic E-state index is 13.5. The summed E-state index contributed by atoms with van der Waals surface area (Å²) in [6, 6.07) is 13.4. The van der Waals surface area contributed by atoms with Crippen LogP contribution in [0.4, 0.5) is 27.1 Å². The first-order chi connectivity index (χ1) is 22.7. The van der Waals surface area contributed by atoms with Crippen molar-refractivity contribution in [2.24, 2.45) is 0 Å². The van der Waals surface area contributed by atoms with Crippen LogP contribution in [0.25, 0.3) is 0 Å². The van der Waals surface area contributed by atoms with E-state index in [0.717, 1.165) is 23.0 Å². The van der Waals surface area contributed by atoms with Crippen molar-refractivity contribution in [2.75, 3.05) is 34.0 Å². The molecule has 2 aliphatic heterocycles. The molecule has 0 atom stereocenters. The van der Waals surface area contributed by atoms with Crippen LogP contribution in [0.2, 0.25) is 5.02 Å². The first kappa shape index (κ1) is 34.1. The van der Waals surface area contributed by atoms with Gasteiger partial charge in [0.25, 0.3) is 11.8 Å². The largest absolute Gasteiger partial charge is 0.396 e. The van der Waals surface area contributed by atoms with Crippen LogP contribution in [0.15, 0.2) is 73.3 Å². The number of hydrogen-bond donors (Lipinski definition) is 4. The first-order valence-corrected chi connectivity index (χ1v) is 15.5. The van der Waals surface area contributed by atoms with E-state index in [4.69, 9.17) is 16.7 Å². The van der Waals surface area contributed by atoms with Gasteiger partial charge in [-0.1, -0.05) is 23.7 Å². The summed E-state index contributed by atoms with van der Waals surface area (Å²) >= 11 is 6.02. The molecule has 11 nitrogen and oxygen atoms in total. The Morgan fingerprint density at radius 2 is 1.48 bits per heavy atom. The van der Waals surface area contributed by atoms with E-state index < -0.39 is 22.6 Å². The van der Waals surface area contributed by atoms with Gasteiger partial charge in [0.15, 0.2) is 5.82 Å². The van der Waals surface area contributed by atoms with E-state index in [1.165, 1.54) is 24.7 Å². The highest BCUT2D eigenvalue weighted by molar-refractivity contribution is 6.34. The predicted octanol–water partition coefficient (Wildman–Crippen LogP) is 5.70. The van der Waals surface area contributed by atoms with Gasteiger partial charge in [-0.05, 0) is 81.6 Å². The van der Waals surface area contributed by atoms with Gasteiger partial charge < -0.3 is 26.0 Å². The van der Waals surface area contributed by atoms with Crippen molar-refractivity contribution >= 4 is 58.0 Å². The van der Waals surface area contributed by atoms with Crippen molar-refractivity contribution in [3.63, 3.8) is 0 Å². The number of benzene rings is 2. The number of nitrogens with one attached hydrogen (secondary N) is 3. The lowest BCUT2D eigenvalue weighted by atomic mass is 9.86. The lowest BCUT2D eigenvalue weighted by Gasteiger charge is -2.20. The fourth-order valence-corrected chi connectivity index (χ4v) is 5.77. The Morgan fingerprint density at radius 1 is 0.875 bits per heavy atom.